The molecule has 7 heteroatoms. The number of benzene rings is 1. The Morgan fingerprint density at radius 3 is 2.96 bits per heavy atom. The Morgan fingerprint density at radius 2 is 2.21 bits per heavy atom. The molecule has 0 atom stereocenters. The third-order valence-corrected chi connectivity index (χ3v) is 4.23. The first kappa shape index (κ1) is 16.4. The Labute approximate surface area is 141 Å². The fourth-order valence-electron chi connectivity index (χ4n) is 2.90. The van der Waals surface area contributed by atoms with Crippen molar-refractivity contribution in [3.8, 4) is 5.75 Å². The number of hydrogen-bond donors (Lipinski definition) is 2. The third-order valence-electron chi connectivity index (χ3n) is 4.23. The van der Waals surface area contributed by atoms with Crippen molar-refractivity contribution < 1.29 is 9.53 Å². The maximum Gasteiger partial charge on any atom is 0.231 e. The molecule has 1 fully saturated rings. The number of nitrogens with zero attached hydrogens (tertiary/aromatic N) is 3. The lowest BCUT2D eigenvalue weighted by Gasteiger charge is -2.19. The normalized spacial score (nSPS) is 15.2. The zero-order chi connectivity index (χ0) is 16.9. The molecule has 0 saturated carbocycles. The van der Waals surface area contributed by atoms with Crippen molar-refractivity contribution in [1.29, 1.82) is 0 Å². The Hall–Kier alpha value is -2.41. The van der Waals surface area contributed by atoms with Crippen LogP contribution in [0.4, 0.5) is 5.95 Å². The van der Waals surface area contributed by atoms with E-state index in [0.29, 0.717) is 11.9 Å². The first-order valence-electron chi connectivity index (χ1n) is 8.20. The average molecular weight is 329 g/mol. The van der Waals surface area contributed by atoms with Crippen LogP contribution in [0.25, 0.3) is 0 Å². The molecule has 1 amide bonds. The second-order valence-electron chi connectivity index (χ2n) is 6.02. The smallest absolute Gasteiger partial charge is 0.231 e. The van der Waals surface area contributed by atoms with Gasteiger partial charge in [-0.05, 0) is 43.6 Å². The summed E-state index contributed by atoms with van der Waals surface area (Å²) in [4.78, 5) is 16.8. The zero-order valence-corrected chi connectivity index (χ0v) is 14.1. The third kappa shape index (κ3) is 3.91. The van der Waals surface area contributed by atoms with Crippen molar-refractivity contribution in [2.45, 2.75) is 25.2 Å². The van der Waals surface area contributed by atoms with Crippen LogP contribution in [-0.4, -0.2) is 40.9 Å². The number of carbonyl (C=O) groups is 1. The van der Waals surface area contributed by atoms with Gasteiger partial charge in [-0.3, -0.25) is 10.1 Å². The van der Waals surface area contributed by atoms with Gasteiger partial charge in [0.15, 0.2) is 5.82 Å². The highest BCUT2D eigenvalue weighted by Gasteiger charge is 2.21. The van der Waals surface area contributed by atoms with Gasteiger partial charge in [-0.25, -0.2) is 4.68 Å². The number of aryl methyl sites for hydroxylation is 1. The monoisotopic (exact) mass is 329 g/mol. The van der Waals surface area contributed by atoms with Crippen LogP contribution in [-0.2, 0) is 18.3 Å². The summed E-state index contributed by atoms with van der Waals surface area (Å²) in [5, 5.41) is 10.6. The Kier molecular flexibility index (Phi) is 5.10. The molecule has 24 heavy (non-hydrogen) atoms. The van der Waals surface area contributed by atoms with Gasteiger partial charge >= 0.3 is 0 Å². The minimum atomic E-state index is -0.115. The summed E-state index contributed by atoms with van der Waals surface area (Å²) in [6, 6.07) is 7.49. The number of piperidine rings is 1. The number of hydrogen-bond acceptors (Lipinski definition) is 5. The summed E-state index contributed by atoms with van der Waals surface area (Å²) in [5.41, 5.74) is 0.896. The molecule has 7 nitrogen and oxygen atoms in total. The van der Waals surface area contributed by atoms with Crippen LogP contribution in [0.3, 0.4) is 0 Å². The fourth-order valence-corrected chi connectivity index (χ4v) is 2.90. The van der Waals surface area contributed by atoms with E-state index < -0.39 is 0 Å². The van der Waals surface area contributed by atoms with Crippen molar-refractivity contribution in [3.63, 3.8) is 0 Å². The highest BCUT2D eigenvalue weighted by molar-refractivity contribution is 5.90. The lowest BCUT2D eigenvalue weighted by molar-refractivity contribution is -0.115. The molecule has 1 aliphatic rings. The summed E-state index contributed by atoms with van der Waals surface area (Å²) in [5.74, 6) is 2.30. The summed E-state index contributed by atoms with van der Waals surface area (Å²) in [7, 11) is 3.42. The second-order valence-corrected chi connectivity index (χ2v) is 6.02. The number of carbonyl (C=O) groups excluding carboxylic acids is 1. The standard InChI is InChI=1S/C17H23N5O2/c1-22-17(20-16(21-22)13-6-8-18-9-7-13)19-15(23)11-12-4-3-5-14(10-12)24-2/h3-5,10,13,18H,6-9,11H2,1-2H3,(H,19,20,21,23). The van der Waals surface area contributed by atoms with Crippen molar-refractivity contribution in [2.75, 3.05) is 25.5 Å². The van der Waals surface area contributed by atoms with Crippen molar-refractivity contribution >= 4 is 11.9 Å². The Morgan fingerprint density at radius 1 is 1.42 bits per heavy atom. The molecule has 0 spiro atoms. The lowest BCUT2D eigenvalue weighted by atomic mass is 9.98. The number of aromatic nitrogens is 3. The van der Waals surface area contributed by atoms with Crippen LogP contribution in [0.1, 0.15) is 30.1 Å². The van der Waals surface area contributed by atoms with E-state index in [1.54, 1.807) is 18.8 Å². The van der Waals surface area contributed by atoms with Gasteiger partial charge in [0, 0.05) is 13.0 Å². The molecule has 0 bridgehead atoms. The minimum Gasteiger partial charge on any atom is -0.497 e. The molecular formula is C17H23N5O2. The topological polar surface area (TPSA) is 81.1 Å². The minimum absolute atomic E-state index is 0.115. The summed E-state index contributed by atoms with van der Waals surface area (Å²) >= 11 is 0. The Balaban J connectivity index is 1.64. The molecule has 2 heterocycles. The number of ether oxygens (including phenoxy) is 1. The molecule has 0 aliphatic carbocycles. The predicted octanol–water partition coefficient (Wildman–Crippen LogP) is 1.47. The lowest BCUT2D eigenvalue weighted by Crippen LogP contribution is -2.27. The summed E-state index contributed by atoms with van der Waals surface area (Å²) < 4.78 is 6.82. The highest BCUT2D eigenvalue weighted by Crippen LogP contribution is 2.23. The quantitative estimate of drug-likeness (QED) is 0.868. The van der Waals surface area contributed by atoms with E-state index in [0.717, 1.165) is 43.1 Å². The molecule has 1 saturated heterocycles. The molecule has 1 aromatic heterocycles. The maximum atomic E-state index is 12.3. The van der Waals surface area contributed by atoms with Crippen LogP contribution in [0.2, 0.25) is 0 Å². The van der Waals surface area contributed by atoms with Crippen LogP contribution in [0.5, 0.6) is 5.75 Å². The van der Waals surface area contributed by atoms with E-state index in [2.05, 4.69) is 20.7 Å². The van der Waals surface area contributed by atoms with Gasteiger partial charge in [0.2, 0.25) is 11.9 Å². The van der Waals surface area contributed by atoms with E-state index in [4.69, 9.17) is 4.74 Å². The van der Waals surface area contributed by atoms with E-state index >= 15 is 0 Å². The van der Waals surface area contributed by atoms with E-state index in [9.17, 15) is 4.79 Å². The van der Waals surface area contributed by atoms with Gasteiger partial charge in [-0.1, -0.05) is 12.1 Å². The van der Waals surface area contributed by atoms with Gasteiger partial charge in [0.1, 0.15) is 5.75 Å². The van der Waals surface area contributed by atoms with Crippen LogP contribution in [0, 0.1) is 0 Å². The molecule has 0 radical (unpaired) electrons. The zero-order valence-electron chi connectivity index (χ0n) is 14.1. The van der Waals surface area contributed by atoms with E-state index in [-0.39, 0.29) is 12.3 Å². The highest BCUT2D eigenvalue weighted by atomic mass is 16.5. The second kappa shape index (κ2) is 7.44. The van der Waals surface area contributed by atoms with Gasteiger partial charge in [-0.2, -0.15) is 10.1 Å². The van der Waals surface area contributed by atoms with Crippen LogP contribution < -0.4 is 15.4 Å². The van der Waals surface area contributed by atoms with Gasteiger partial charge in [-0.15, -0.1) is 0 Å². The molecular weight excluding hydrogens is 306 g/mol. The number of rotatable bonds is 5. The fraction of sp³-hybridized carbons (Fsp3) is 0.471. The SMILES string of the molecule is COc1cccc(CC(=O)Nc2nc(C3CCNCC3)nn2C)c1. The van der Waals surface area contributed by atoms with Crippen LogP contribution in [0.15, 0.2) is 24.3 Å². The van der Waals surface area contributed by atoms with E-state index in [1.165, 1.54) is 0 Å². The molecule has 2 aromatic rings. The Bertz CT molecular complexity index is 707. The molecule has 128 valence electrons. The van der Waals surface area contributed by atoms with E-state index in [1.807, 2.05) is 24.3 Å². The number of nitrogens with one attached hydrogen (secondary N) is 2. The molecule has 3 rings (SSSR count). The maximum absolute atomic E-state index is 12.3. The van der Waals surface area contributed by atoms with Crippen molar-refractivity contribution in [3.05, 3.63) is 35.7 Å². The molecule has 2 N–H and O–H groups in total. The number of amides is 1. The van der Waals surface area contributed by atoms with Gasteiger partial charge < -0.3 is 10.1 Å². The first-order chi connectivity index (χ1) is 11.7. The molecule has 1 aliphatic heterocycles. The largest absolute Gasteiger partial charge is 0.497 e. The molecule has 1 aromatic carbocycles. The first-order valence-corrected chi connectivity index (χ1v) is 8.20. The number of anilines is 1. The van der Waals surface area contributed by atoms with Gasteiger partial charge in [0.25, 0.3) is 0 Å². The number of methoxy groups -OCH3 is 1. The average Bonchev–Trinajstić information content (AvgIpc) is 2.96. The van der Waals surface area contributed by atoms with Crippen molar-refractivity contribution in [1.82, 2.24) is 20.1 Å². The van der Waals surface area contributed by atoms with Crippen molar-refractivity contribution in [2.24, 2.45) is 7.05 Å². The predicted molar refractivity (Wildman–Crippen MR) is 91.2 cm³/mol. The summed E-state index contributed by atoms with van der Waals surface area (Å²) in [6.07, 6.45) is 2.33. The molecule has 0 unspecified atom stereocenters. The summed E-state index contributed by atoms with van der Waals surface area (Å²) in [6.45, 7) is 1.97. The van der Waals surface area contributed by atoms with Gasteiger partial charge in [0.05, 0.1) is 13.5 Å². The van der Waals surface area contributed by atoms with Crippen LogP contribution >= 0.6 is 0 Å².